The molecule has 144 valence electrons. The third kappa shape index (κ3) is 4.17. The van der Waals surface area contributed by atoms with Gasteiger partial charge >= 0.3 is 15.6 Å². The van der Waals surface area contributed by atoms with E-state index in [-0.39, 0.29) is 12.2 Å². The summed E-state index contributed by atoms with van der Waals surface area (Å²) in [5.74, 6) is -0.320. The van der Waals surface area contributed by atoms with Crippen LogP contribution in [-0.4, -0.2) is 13.9 Å². The van der Waals surface area contributed by atoms with E-state index < -0.39 is 27.8 Å². The highest BCUT2D eigenvalue weighted by Crippen LogP contribution is 2.46. The van der Waals surface area contributed by atoms with Gasteiger partial charge in [-0.15, -0.1) is 0 Å². The first-order valence-corrected chi connectivity index (χ1v) is 9.55. The van der Waals surface area contributed by atoms with Gasteiger partial charge in [-0.2, -0.15) is 21.6 Å². The maximum Gasteiger partial charge on any atom is 0.534 e. The summed E-state index contributed by atoms with van der Waals surface area (Å²) in [6, 6.07) is 18.1. The zero-order valence-corrected chi connectivity index (χ0v) is 15.1. The van der Waals surface area contributed by atoms with E-state index in [2.05, 4.69) is 4.18 Å². The molecule has 0 radical (unpaired) electrons. The standard InChI is InChI=1S/C19H17F3O4S/c1-13(26-27(23,24)19(20,21)22)16-12-17(14-8-4-2-5-9-14)25-18(16)15-10-6-3-7-11-15/h2-11,17-18H,12H2,1H3/b16-13+/t17-,18-/m1/s1. The third-order valence-corrected chi connectivity index (χ3v) is 5.30. The van der Waals surface area contributed by atoms with Crippen LogP contribution < -0.4 is 0 Å². The highest BCUT2D eigenvalue weighted by atomic mass is 32.2. The molecule has 4 nitrogen and oxygen atoms in total. The molecule has 2 atom stereocenters. The molecule has 0 amide bonds. The van der Waals surface area contributed by atoms with Crippen molar-refractivity contribution in [3.8, 4) is 0 Å². The summed E-state index contributed by atoms with van der Waals surface area (Å²) >= 11 is 0. The molecule has 1 heterocycles. The summed E-state index contributed by atoms with van der Waals surface area (Å²) in [6.45, 7) is 1.21. The first-order chi connectivity index (χ1) is 12.7. The Kier molecular flexibility index (Phi) is 5.30. The molecule has 27 heavy (non-hydrogen) atoms. The van der Waals surface area contributed by atoms with Crippen molar-refractivity contribution in [3.05, 3.63) is 83.1 Å². The molecule has 0 saturated carbocycles. The van der Waals surface area contributed by atoms with Crippen LogP contribution in [-0.2, 0) is 19.0 Å². The monoisotopic (exact) mass is 398 g/mol. The summed E-state index contributed by atoms with van der Waals surface area (Å²) in [6.07, 6.45) is -0.888. The van der Waals surface area contributed by atoms with Gasteiger partial charge in [0.05, 0.1) is 6.10 Å². The van der Waals surface area contributed by atoms with Gasteiger partial charge in [-0.1, -0.05) is 60.7 Å². The van der Waals surface area contributed by atoms with Crippen molar-refractivity contribution in [1.29, 1.82) is 0 Å². The summed E-state index contributed by atoms with van der Waals surface area (Å²) < 4.78 is 71.2. The number of halogens is 3. The lowest BCUT2D eigenvalue weighted by atomic mass is 9.97. The molecule has 0 aromatic heterocycles. The molecule has 3 rings (SSSR count). The number of alkyl halides is 3. The molecule has 1 fully saturated rings. The fraction of sp³-hybridized carbons (Fsp3) is 0.263. The van der Waals surface area contributed by atoms with Crippen molar-refractivity contribution in [3.63, 3.8) is 0 Å². The Morgan fingerprint density at radius 1 is 1.00 bits per heavy atom. The Labute approximate surface area is 155 Å². The molecule has 0 spiro atoms. The van der Waals surface area contributed by atoms with Gasteiger partial charge in [0.25, 0.3) is 0 Å². The van der Waals surface area contributed by atoms with Crippen molar-refractivity contribution in [2.45, 2.75) is 31.1 Å². The van der Waals surface area contributed by atoms with Crippen LogP contribution in [0.4, 0.5) is 13.2 Å². The van der Waals surface area contributed by atoms with E-state index in [0.717, 1.165) is 5.56 Å². The van der Waals surface area contributed by atoms with E-state index in [1.165, 1.54) is 6.92 Å². The van der Waals surface area contributed by atoms with Crippen molar-refractivity contribution < 1.29 is 30.5 Å². The molecule has 0 bridgehead atoms. The van der Waals surface area contributed by atoms with E-state index in [4.69, 9.17) is 4.74 Å². The summed E-state index contributed by atoms with van der Waals surface area (Å²) in [4.78, 5) is 0. The average Bonchev–Trinajstić information content (AvgIpc) is 3.07. The smallest absolute Gasteiger partial charge is 0.381 e. The van der Waals surface area contributed by atoms with Gasteiger partial charge in [0.15, 0.2) is 0 Å². The molecule has 2 aromatic rings. The van der Waals surface area contributed by atoms with Crippen LogP contribution >= 0.6 is 0 Å². The Bertz CT molecular complexity index is 922. The normalized spacial score (nSPS) is 22.5. The number of rotatable bonds is 4. The zero-order valence-electron chi connectivity index (χ0n) is 14.3. The third-order valence-electron chi connectivity index (χ3n) is 4.27. The molecular weight excluding hydrogens is 381 g/mol. The number of hydrogen-bond acceptors (Lipinski definition) is 4. The average molecular weight is 398 g/mol. The Morgan fingerprint density at radius 3 is 2.04 bits per heavy atom. The van der Waals surface area contributed by atoms with E-state index in [0.29, 0.717) is 11.1 Å². The van der Waals surface area contributed by atoms with Gasteiger partial charge < -0.3 is 8.92 Å². The molecule has 1 aliphatic heterocycles. The number of benzene rings is 2. The van der Waals surface area contributed by atoms with Crippen LogP contribution in [0.5, 0.6) is 0 Å². The lowest BCUT2D eigenvalue weighted by Crippen LogP contribution is -2.25. The topological polar surface area (TPSA) is 52.6 Å². The SMILES string of the molecule is C/C(OS(=O)(=O)C(F)(F)F)=C1/C[C@H](c2ccccc2)O[C@@H]1c1ccccc1. The van der Waals surface area contributed by atoms with Gasteiger partial charge in [-0.05, 0) is 18.1 Å². The van der Waals surface area contributed by atoms with Gasteiger partial charge in [0.2, 0.25) is 0 Å². The first kappa shape index (κ1) is 19.4. The van der Waals surface area contributed by atoms with Crippen molar-refractivity contribution in [2.24, 2.45) is 0 Å². The predicted molar refractivity (Wildman–Crippen MR) is 92.8 cm³/mol. The molecule has 0 aliphatic carbocycles. The van der Waals surface area contributed by atoms with Gasteiger partial charge in [-0.25, -0.2) is 0 Å². The number of hydrogen-bond donors (Lipinski definition) is 0. The van der Waals surface area contributed by atoms with Gasteiger partial charge in [0, 0.05) is 12.0 Å². The summed E-state index contributed by atoms with van der Waals surface area (Å²) in [5.41, 5.74) is -3.57. The molecule has 1 aliphatic rings. The minimum absolute atomic E-state index is 0.225. The van der Waals surface area contributed by atoms with E-state index in [9.17, 15) is 21.6 Å². The molecule has 0 unspecified atom stereocenters. The van der Waals surface area contributed by atoms with Gasteiger partial charge in [-0.3, -0.25) is 0 Å². The van der Waals surface area contributed by atoms with Crippen LogP contribution in [0.25, 0.3) is 0 Å². The minimum atomic E-state index is -5.74. The maximum absolute atomic E-state index is 12.7. The van der Waals surface area contributed by atoms with Crippen LogP contribution in [0.1, 0.15) is 36.7 Å². The Morgan fingerprint density at radius 2 is 1.52 bits per heavy atom. The minimum Gasteiger partial charge on any atom is -0.381 e. The van der Waals surface area contributed by atoms with Crippen LogP contribution in [0.3, 0.4) is 0 Å². The van der Waals surface area contributed by atoms with E-state index in [1.807, 2.05) is 30.3 Å². The highest BCUT2D eigenvalue weighted by Gasteiger charge is 2.49. The molecule has 8 heteroatoms. The lowest BCUT2D eigenvalue weighted by Gasteiger charge is -2.16. The van der Waals surface area contributed by atoms with E-state index >= 15 is 0 Å². The van der Waals surface area contributed by atoms with Crippen LogP contribution in [0, 0.1) is 0 Å². The second-order valence-corrected chi connectivity index (χ2v) is 7.63. The maximum atomic E-state index is 12.7. The number of allylic oxidation sites excluding steroid dienone is 1. The molecule has 1 saturated heterocycles. The van der Waals surface area contributed by atoms with Crippen molar-refractivity contribution in [1.82, 2.24) is 0 Å². The second-order valence-electron chi connectivity index (χ2n) is 6.09. The fourth-order valence-electron chi connectivity index (χ4n) is 2.97. The largest absolute Gasteiger partial charge is 0.534 e. The van der Waals surface area contributed by atoms with Crippen molar-refractivity contribution >= 4 is 10.1 Å². The summed E-state index contributed by atoms with van der Waals surface area (Å²) in [7, 11) is -5.74. The predicted octanol–water partition coefficient (Wildman–Crippen LogP) is 5.03. The van der Waals surface area contributed by atoms with Gasteiger partial charge in [0.1, 0.15) is 11.9 Å². The van der Waals surface area contributed by atoms with Crippen LogP contribution in [0.15, 0.2) is 72.0 Å². The summed E-state index contributed by atoms with van der Waals surface area (Å²) in [5, 5.41) is 0. The molecular formula is C19H17F3O4S. The highest BCUT2D eigenvalue weighted by molar-refractivity contribution is 7.87. The van der Waals surface area contributed by atoms with Crippen LogP contribution in [0.2, 0.25) is 0 Å². The Balaban J connectivity index is 1.99. The molecule has 0 N–H and O–H groups in total. The lowest BCUT2D eigenvalue weighted by molar-refractivity contribution is -0.0522. The van der Waals surface area contributed by atoms with Crippen molar-refractivity contribution in [2.75, 3.05) is 0 Å². The molecule has 2 aromatic carbocycles. The quantitative estimate of drug-likeness (QED) is 0.412. The van der Waals surface area contributed by atoms with E-state index in [1.54, 1.807) is 30.3 Å². The fourth-order valence-corrected chi connectivity index (χ4v) is 3.50. The first-order valence-electron chi connectivity index (χ1n) is 8.15. The Hall–Kier alpha value is -2.32. The number of ether oxygens (including phenoxy) is 1. The second kappa shape index (κ2) is 7.36. The zero-order chi connectivity index (χ0) is 19.7.